The molecule has 1 N–H and O–H groups in total. The van der Waals surface area contributed by atoms with Gasteiger partial charge in [0, 0.05) is 39.1 Å². The molecule has 0 atom stereocenters. The van der Waals surface area contributed by atoms with E-state index in [0.717, 1.165) is 50.4 Å². The van der Waals surface area contributed by atoms with Gasteiger partial charge in [0.15, 0.2) is 0 Å². The van der Waals surface area contributed by atoms with Crippen LogP contribution in [-0.2, 0) is 19.5 Å². The Hall–Kier alpha value is -2.65. The highest BCUT2D eigenvalue weighted by Crippen LogP contribution is 2.15. The minimum atomic E-state index is -0.0374. The molecule has 0 unspecified atom stereocenters. The number of rotatable bonds is 6. The van der Waals surface area contributed by atoms with Crippen molar-refractivity contribution in [1.29, 1.82) is 5.26 Å². The van der Waals surface area contributed by atoms with E-state index in [1.807, 2.05) is 18.2 Å². The Balaban J connectivity index is 1.62. The minimum absolute atomic E-state index is 0.0374. The number of carbonyl (C=O) groups excluding carboxylic acids is 1. The van der Waals surface area contributed by atoms with E-state index in [4.69, 9.17) is 5.26 Å². The van der Waals surface area contributed by atoms with Gasteiger partial charge in [0.25, 0.3) is 5.91 Å². The maximum absolute atomic E-state index is 12.5. The summed E-state index contributed by atoms with van der Waals surface area (Å²) in [5.41, 5.74) is 2.48. The van der Waals surface area contributed by atoms with Gasteiger partial charge in [-0.15, -0.1) is 0 Å². The van der Waals surface area contributed by atoms with E-state index >= 15 is 0 Å². The van der Waals surface area contributed by atoms with Crippen molar-refractivity contribution in [3.63, 3.8) is 0 Å². The molecule has 142 valence electrons. The molecule has 2 heterocycles. The van der Waals surface area contributed by atoms with Crippen LogP contribution in [0.2, 0.25) is 0 Å². The first-order chi connectivity index (χ1) is 13.1. The summed E-state index contributed by atoms with van der Waals surface area (Å²) in [5, 5.41) is 12.1. The SMILES string of the molecule is CC(C)CCNC(=O)c1cnc2n1CCN(Cc1cccc(C#N)c1)CC2. The summed E-state index contributed by atoms with van der Waals surface area (Å²) < 4.78 is 2.05. The van der Waals surface area contributed by atoms with Gasteiger partial charge in [-0.1, -0.05) is 26.0 Å². The lowest BCUT2D eigenvalue weighted by molar-refractivity contribution is 0.0942. The van der Waals surface area contributed by atoms with E-state index in [1.165, 1.54) is 0 Å². The number of hydrogen-bond donors (Lipinski definition) is 1. The first-order valence-corrected chi connectivity index (χ1v) is 9.61. The average Bonchev–Trinajstić information content (AvgIpc) is 2.96. The van der Waals surface area contributed by atoms with Crippen LogP contribution in [0, 0.1) is 17.2 Å². The van der Waals surface area contributed by atoms with E-state index in [-0.39, 0.29) is 5.91 Å². The number of nitrogens with one attached hydrogen (secondary N) is 1. The number of fused-ring (bicyclic) bond motifs is 1. The minimum Gasteiger partial charge on any atom is -0.351 e. The summed E-state index contributed by atoms with van der Waals surface area (Å²) >= 11 is 0. The van der Waals surface area contributed by atoms with Crippen LogP contribution in [0.1, 0.15) is 47.7 Å². The van der Waals surface area contributed by atoms with Gasteiger partial charge in [0.2, 0.25) is 0 Å². The fourth-order valence-electron chi connectivity index (χ4n) is 3.38. The molecule has 0 saturated carbocycles. The summed E-state index contributed by atoms with van der Waals surface area (Å²) in [4.78, 5) is 19.3. The highest BCUT2D eigenvalue weighted by atomic mass is 16.1. The third-order valence-corrected chi connectivity index (χ3v) is 4.93. The zero-order chi connectivity index (χ0) is 19.2. The molecule has 1 aliphatic heterocycles. The Kier molecular flexibility index (Phi) is 6.25. The van der Waals surface area contributed by atoms with E-state index < -0.39 is 0 Å². The van der Waals surface area contributed by atoms with Crippen molar-refractivity contribution in [3.8, 4) is 6.07 Å². The number of benzene rings is 1. The average molecular weight is 365 g/mol. The van der Waals surface area contributed by atoms with Gasteiger partial charge in [0.1, 0.15) is 11.5 Å². The van der Waals surface area contributed by atoms with Gasteiger partial charge in [-0.2, -0.15) is 5.26 Å². The van der Waals surface area contributed by atoms with Gasteiger partial charge in [-0.25, -0.2) is 4.98 Å². The van der Waals surface area contributed by atoms with Crippen LogP contribution < -0.4 is 5.32 Å². The van der Waals surface area contributed by atoms with Crippen LogP contribution in [0.3, 0.4) is 0 Å². The molecular weight excluding hydrogens is 338 g/mol. The second kappa shape index (κ2) is 8.83. The second-order valence-electron chi connectivity index (χ2n) is 7.49. The van der Waals surface area contributed by atoms with Crippen molar-refractivity contribution in [2.24, 2.45) is 5.92 Å². The Morgan fingerprint density at radius 3 is 2.96 bits per heavy atom. The van der Waals surface area contributed by atoms with Crippen molar-refractivity contribution in [3.05, 3.63) is 53.1 Å². The largest absolute Gasteiger partial charge is 0.351 e. The highest BCUT2D eigenvalue weighted by molar-refractivity contribution is 5.92. The van der Waals surface area contributed by atoms with Gasteiger partial charge >= 0.3 is 0 Å². The molecule has 0 radical (unpaired) electrons. The summed E-state index contributed by atoms with van der Waals surface area (Å²) in [6.45, 7) is 8.29. The molecule has 1 amide bonds. The number of aromatic nitrogens is 2. The molecule has 0 fully saturated rings. The molecule has 1 aromatic heterocycles. The van der Waals surface area contributed by atoms with E-state index in [0.29, 0.717) is 23.7 Å². The molecule has 6 nitrogen and oxygen atoms in total. The lowest BCUT2D eigenvalue weighted by atomic mass is 10.1. The highest BCUT2D eigenvalue weighted by Gasteiger charge is 2.20. The molecule has 0 saturated heterocycles. The van der Waals surface area contributed by atoms with Crippen molar-refractivity contribution < 1.29 is 4.79 Å². The Bertz CT molecular complexity index is 833. The maximum atomic E-state index is 12.5. The van der Waals surface area contributed by atoms with Crippen molar-refractivity contribution >= 4 is 5.91 Å². The van der Waals surface area contributed by atoms with E-state index in [1.54, 1.807) is 6.20 Å². The molecule has 1 aliphatic rings. The van der Waals surface area contributed by atoms with E-state index in [9.17, 15) is 4.79 Å². The van der Waals surface area contributed by atoms with E-state index in [2.05, 4.69) is 45.8 Å². The van der Waals surface area contributed by atoms with Gasteiger partial charge in [-0.3, -0.25) is 9.69 Å². The van der Waals surface area contributed by atoms with Crippen LogP contribution in [0.15, 0.2) is 30.5 Å². The molecule has 6 heteroatoms. The number of hydrogen-bond acceptors (Lipinski definition) is 4. The maximum Gasteiger partial charge on any atom is 0.269 e. The van der Waals surface area contributed by atoms with Crippen molar-refractivity contribution in [2.45, 2.75) is 39.8 Å². The molecule has 27 heavy (non-hydrogen) atoms. The Morgan fingerprint density at radius 2 is 2.19 bits per heavy atom. The van der Waals surface area contributed by atoms with Crippen LogP contribution in [-0.4, -0.2) is 40.0 Å². The molecule has 3 rings (SSSR count). The molecule has 0 bridgehead atoms. The number of nitriles is 1. The lowest BCUT2D eigenvalue weighted by Crippen LogP contribution is -2.29. The first-order valence-electron chi connectivity index (χ1n) is 9.61. The third-order valence-electron chi connectivity index (χ3n) is 4.93. The number of nitrogens with zero attached hydrogens (tertiary/aromatic N) is 4. The predicted molar refractivity (Wildman–Crippen MR) is 104 cm³/mol. The number of amides is 1. The fourth-order valence-corrected chi connectivity index (χ4v) is 3.38. The van der Waals surface area contributed by atoms with Crippen molar-refractivity contribution in [2.75, 3.05) is 19.6 Å². The zero-order valence-corrected chi connectivity index (χ0v) is 16.1. The topological polar surface area (TPSA) is 74.0 Å². The zero-order valence-electron chi connectivity index (χ0n) is 16.1. The van der Waals surface area contributed by atoms with Crippen LogP contribution >= 0.6 is 0 Å². The summed E-state index contributed by atoms with van der Waals surface area (Å²) in [7, 11) is 0. The van der Waals surface area contributed by atoms with Gasteiger partial charge in [0.05, 0.1) is 17.8 Å². The molecule has 2 aromatic rings. The molecule has 0 aliphatic carbocycles. The lowest BCUT2D eigenvalue weighted by Gasteiger charge is -2.19. The summed E-state index contributed by atoms with van der Waals surface area (Å²) in [5.74, 6) is 1.50. The Morgan fingerprint density at radius 1 is 1.33 bits per heavy atom. The quantitative estimate of drug-likeness (QED) is 0.854. The molecule has 0 spiro atoms. The van der Waals surface area contributed by atoms with Crippen molar-refractivity contribution in [1.82, 2.24) is 19.8 Å². The predicted octanol–water partition coefficient (Wildman–Crippen LogP) is 2.59. The monoisotopic (exact) mass is 365 g/mol. The second-order valence-corrected chi connectivity index (χ2v) is 7.49. The number of imidazole rings is 1. The normalized spacial score (nSPS) is 14.4. The summed E-state index contributed by atoms with van der Waals surface area (Å²) in [6.07, 6.45) is 3.49. The van der Waals surface area contributed by atoms with Crippen LogP contribution in [0.25, 0.3) is 0 Å². The smallest absolute Gasteiger partial charge is 0.269 e. The first kappa shape index (κ1) is 19.1. The van der Waals surface area contributed by atoms with Gasteiger partial charge < -0.3 is 9.88 Å². The summed E-state index contributed by atoms with van der Waals surface area (Å²) in [6, 6.07) is 9.94. The van der Waals surface area contributed by atoms with Crippen LogP contribution in [0.4, 0.5) is 0 Å². The fraction of sp³-hybridized carbons (Fsp3) is 0.476. The van der Waals surface area contributed by atoms with Crippen LogP contribution in [0.5, 0.6) is 0 Å². The third kappa shape index (κ3) is 4.95. The Labute approximate surface area is 160 Å². The molecule has 1 aromatic carbocycles. The number of carbonyl (C=O) groups is 1. The van der Waals surface area contributed by atoms with Gasteiger partial charge in [-0.05, 0) is 30.0 Å². The molecular formula is C21H27N5O. The standard InChI is InChI=1S/C21H27N5O/c1-16(2)6-8-23-21(27)19-14-24-20-7-9-25(10-11-26(19)20)15-18-5-3-4-17(12-18)13-22/h3-5,12,14,16H,6-11,15H2,1-2H3,(H,23,27).